The van der Waals surface area contributed by atoms with Crippen LogP contribution in [0, 0.1) is 0 Å². The number of hydrogen-bond acceptors (Lipinski definition) is 8. The summed E-state index contributed by atoms with van der Waals surface area (Å²) in [5.74, 6) is -4.45. The van der Waals surface area contributed by atoms with E-state index >= 15 is 0 Å². The van der Waals surface area contributed by atoms with Gasteiger partial charge in [0.05, 0.1) is 16.4 Å². The van der Waals surface area contributed by atoms with Gasteiger partial charge in [0.25, 0.3) is 15.9 Å². The maximum Gasteiger partial charge on any atom is 0.356 e. The first-order chi connectivity index (χ1) is 24.1. The van der Waals surface area contributed by atoms with Crippen LogP contribution in [0.2, 0.25) is 5.02 Å². The largest absolute Gasteiger partial charge is 0.477 e. The Morgan fingerprint density at radius 3 is 2.14 bits per heavy atom. The van der Waals surface area contributed by atoms with Crippen LogP contribution >= 0.6 is 11.6 Å². The van der Waals surface area contributed by atoms with E-state index in [0.717, 1.165) is 29.6 Å². The smallest absolute Gasteiger partial charge is 0.356 e. The summed E-state index contributed by atoms with van der Waals surface area (Å²) in [6, 6.07) is 11.2. The van der Waals surface area contributed by atoms with Crippen molar-refractivity contribution in [3.8, 4) is 0 Å². The first kappa shape index (κ1) is 38.5. The number of amidine groups is 1. The van der Waals surface area contributed by atoms with Crippen LogP contribution in [0.4, 0.5) is 11.4 Å². The number of halogens is 1. The third-order valence-electron chi connectivity index (χ3n) is 8.26. The third kappa shape index (κ3) is 9.92. The molecule has 1 amide bonds. The van der Waals surface area contributed by atoms with E-state index in [2.05, 4.69) is 22.3 Å². The summed E-state index contributed by atoms with van der Waals surface area (Å²) in [6.45, 7) is 2.78. The number of rotatable bonds is 21. The lowest BCUT2D eigenvalue weighted by Crippen LogP contribution is -2.48. The number of aliphatic imine (C=N–C) groups is 1. The molecule has 1 unspecified atom stereocenters. The molecule has 2 heterocycles. The highest BCUT2D eigenvalue weighted by Crippen LogP contribution is 2.36. The third-order valence-corrected chi connectivity index (χ3v) is 10.4. The number of aromatic carboxylic acids is 2. The minimum Gasteiger partial charge on any atom is -0.477 e. The van der Waals surface area contributed by atoms with Crippen molar-refractivity contribution in [1.82, 2.24) is 14.1 Å². The molecule has 4 rings (SSSR count). The Morgan fingerprint density at radius 2 is 1.48 bits per heavy atom. The molecule has 1 aliphatic rings. The average molecular weight is 730 g/mol. The number of aromatic nitrogens is 2. The summed E-state index contributed by atoms with van der Waals surface area (Å²) < 4.78 is 35.6. The van der Waals surface area contributed by atoms with Crippen molar-refractivity contribution >= 4 is 56.7 Å². The van der Waals surface area contributed by atoms with E-state index in [1.165, 1.54) is 69.2 Å². The lowest BCUT2D eigenvalue weighted by molar-refractivity contribution is -0.117. The second-order valence-electron chi connectivity index (χ2n) is 12.0. The minimum atomic E-state index is -4.32. The van der Waals surface area contributed by atoms with Crippen molar-refractivity contribution in [2.75, 3.05) is 25.1 Å². The SMILES string of the molecule is CCCCCCCCCCCCOCCCN1C(C(C(=O)Nc2ccccc2Cl)n2nc(C(=O)O)cc2C(=O)O)=Nc2ccccc2S1(=O)=O. The van der Waals surface area contributed by atoms with Crippen LogP contribution in [0.15, 0.2) is 64.5 Å². The molecule has 0 saturated heterocycles. The molecule has 1 atom stereocenters. The Morgan fingerprint density at radius 1 is 0.860 bits per heavy atom. The molecule has 0 radical (unpaired) electrons. The van der Waals surface area contributed by atoms with E-state index < -0.39 is 45.3 Å². The zero-order valence-corrected chi connectivity index (χ0v) is 29.7. The number of carbonyl (C=O) groups excluding carboxylic acids is 1. The number of amides is 1. The molecular weight excluding hydrogens is 686 g/mol. The molecule has 0 aliphatic carbocycles. The quantitative estimate of drug-likeness (QED) is 0.0958. The first-order valence-electron chi connectivity index (χ1n) is 17.0. The van der Waals surface area contributed by atoms with Gasteiger partial charge in [0.1, 0.15) is 10.6 Å². The van der Waals surface area contributed by atoms with Crippen molar-refractivity contribution in [3.63, 3.8) is 0 Å². The van der Waals surface area contributed by atoms with Crippen LogP contribution in [-0.4, -0.2) is 76.2 Å². The molecule has 3 aromatic rings. The fraction of sp³-hybridized carbons (Fsp3) is 0.457. The maximum absolute atomic E-state index is 14.1. The number of ether oxygens (including phenoxy) is 1. The van der Waals surface area contributed by atoms with E-state index in [1.54, 1.807) is 24.3 Å². The summed E-state index contributed by atoms with van der Waals surface area (Å²) in [4.78, 5) is 42.7. The highest BCUT2D eigenvalue weighted by Gasteiger charge is 2.43. The number of carbonyl (C=O) groups is 3. The molecule has 3 N–H and O–H groups in total. The van der Waals surface area contributed by atoms with Crippen LogP contribution in [0.1, 0.15) is 105 Å². The lowest BCUT2D eigenvalue weighted by atomic mass is 10.1. The number of nitrogens with zero attached hydrogens (tertiary/aromatic N) is 4. The van der Waals surface area contributed by atoms with Crippen LogP contribution in [0.5, 0.6) is 0 Å². The Bertz CT molecular complexity index is 1780. The minimum absolute atomic E-state index is 0.0222. The summed E-state index contributed by atoms with van der Waals surface area (Å²) >= 11 is 6.29. The number of carboxylic acids is 2. The van der Waals surface area contributed by atoms with Crippen LogP contribution in [0.3, 0.4) is 0 Å². The van der Waals surface area contributed by atoms with Gasteiger partial charge in [0.2, 0.25) is 0 Å². The van der Waals surface area contributed by atoms with Crippen molar-refractivity contribution in [2.24, 2.45) is 4.99 Å². The molecular formula is C35H44ClN5O8S. The maximum atomic E-state index is 14.1. The number of fused-ring (bicyclic) bond motifs is 1. The topological polar surface area (TPSA) is 180 Å². The predicted octanol–water partition coefficient (Wildman–Crippen LogP) is 7.17. The zero-order valence-electron chi connectivity index (χ0n) is 28.1. The number of anilines is 1. The molecule has 0 saturated carbocycles. The average Bonchev–Trinajstić information content (AvgIpc) is 3.53. The van der Waals surface area contributed by atoms with Gasteiger partial charge in [-0.2, -0.15) is 5.10 Å². The fourth-order valence-electron chi connectivity index (χ4n) is 5.68. The number of benzene rings is 2. The van der Waals surface area contributed by atoms with E-state index in [4.69, 9.17) is 16.3 Å². The van der Waals surface area contributed by atoms with Gasteiger partial charge in [-0.1, -0.05) is 101 Å². The molecule has 0 spiro atoms. The first-order valence-corrected chi connectivity index (χ1v) is 18.8. The van der Waals surface area contributed by atoms with Crippen LogP contribution < -0.4 is 5.32 Å². The van der Waals surface area contributed by atoms with Gasteiger partial charge in [-0.3, -0.25) is 9.10 Å². The number of unbranched alkanes of at least 4 members (excludes halogenated alkanes) is 9. The zero-order chi connectivity index (χ0) is 36.1. The monoisotopic (exact) mass is 729 g/mol. The molecule has 0 bridgehead atoms. The summed E-state index contributed by atoms with van der Waals surface area (Å²) in [6.07, 6.45) is 12.1. The summed E-state index contributed by atoms with van der Waals surface area (Å²) in [5.41, 5.74) is -1.16. The van der Waals surface area contributed by atoms with Crippen LogP contribution in [0.25, 0.3) is 0 Å². The predicted molar refractivity (Wildman–Crippen MR) is 190 cm³/mol. The number of carboxylic acid groups (broad SMARTS) is 2. The molecule has 15 heteroatoms. The van der Waals surface area contributed by atoms with Gasteiger partial charge < -0.3 is 20.3 Å². The molecule has 0 fully saturated rings. The van der Waals surface area contributed by atoms with Crippen molar-refractivity contribution in [3.05, 3.63) is 71.0 Å². The van der Waals surface area contributed by atoms with E-state index in [0.29, 0.717) is 11.3 Å². The highest BCUT2D eigenvalue weighted by atomic mass is 35.5. The van der Waals surface area contributed by atoms with E-state index in [9.17, 15) is 33.0 Å². The van der Waals surface area contributed by atoms with Crippen LogP contribution in [-0.2, 0) is 19.6 Å². The highest BCUT2D eigenvalue weighted by molar-refractivity contribution is 7.90. The number of hydrogen-bond donors (Lipinski definition) is 3. The molecule has 50 heavy (non-hydrogen) atoms. The summed E-state index contributed by atoms with van der Waals surface area (Å²) in [5, 5.41) is 26.3. The van der Waals surface area contributed by atoms with Gasteiger partial charge in [0, 0.05) is 25.8 Å². The molecule has 1 aliphatic heterocycles. The van der Waals surface area contributed by atoms with Gasteiger partial charge in [-0.15, -0.1) is 0 Å². The lowest BCUT2D eigenvalue weighted by Gasteiger charge is -2.33. The Balaban J connectivity index is 1.55. The molecule has 13 nitrogen and oxygen atoms in total. The van der Waals surface area contributed by atoms with Gasteiger partial charge in [-0.05, 0) is 37.1 Å². The van der Waals surface area contributed by atoms with Gasteiger partial charge in [0.15, 0.2) is 17.6 Å². The van der Waals surface area contributed by atoms with Crippen molar-refractivity contribution < 1.29 is 37.8 Å². The second kappa shape index (κ2) is 18.6. The Labute approximate surface area is 297 Å². The Kier molecular flexibility index (Phi) is 14.4. The number of para-hydroxylation sites is 2. The molecule has 270 valence electrons. The van der Waals surface area contributed by atoms with Crippen molar-refractivity contribution in [1.29, 1.82) is 0 Å². The standard InChI is InChI=1S/C35H44ClN5O8S/c1-2-3-4-5-6-7-8-9-10-15-22-49-23-16-21-40-32(37-27-19-13-14-20-30(27)50(40,47)48)31(33(42)38-26-18-12-11-17-25(26)36)41-29(35(45)46)24-28(39-41)34(43)44/h11-14,17-20,24,31H,2-10,15-16,21-23H2,1H3,(H,38,42)(H,43,44)(H,45,46). The second-order valence-corrected chi connectivity index (χ2v) is 14.2. The Hall–Kier alpha value is -4.27. The number of nitrogens with one attached hydrogen (secondary N) is 1. The van der Waals surface area contributed by atoms with Crippen molar-refractivity contribution in [2.45, 2.75) is 88.5 Å². The van der Waals surface area contributed by atoms with Gasteiger partial charge >= 0.3 is 11.9 Å². The van der Waals surface area contributed by atoms with E-state index in [-0.39, 0.29) is 46.7 Å². The van der Waals surface area contributed by atoms with E-state index in [1.807, 2.05) is 0 Å². The number of sulfonamides is 1. The normalized spacial score (nSPS) is 14.1. The fourth-order valence-corrected chi connectivity index (χ4v) is 7.49. The van der Waals surface area contributed by atoms with Gasteiger partial charge in [-0.25, -0.2) is 27.7 Å². The summed E-state index contributed by atoms with van der Waals surface area (Å²) in [7, 11) is -4.32. The molecule has 2 aromatic carbocycles. The molecule has 1 aromatic heterocycles.